The number of carbonyl (C=O) groups is 1. The molecule has 0 saturated carbocycles. The van der Waals surface area contributed by atoms with Crippen LogP contribution in [0.1, 0.15) is 71.1 Å². The molecule has 0 aliphatic heterocycles. The van der Waals surface area contributed by atoms with Gasteiger partial charge in [0.1, 0.15) is 12.7 Å². The molecule has 0 aliphatic rings. The zero-order valence-corrected chi connectivity index (χ0v) is 14.9. The summed E-state index contributed by atoms with van der Waals surface area (Å²) in [5.41, 5.74) is -0.324. The second-order valence-corrected chi connectivity index (χ2v) is 5.74. The van der Waals surface area contributed by atoms with Gasteiger partial charge in [-0.2, -0.15) is 0 Å². The first-order valence-electron chi connectivity index (χ1n) is 8.78. The van der Waals surface area contributed by atoms with Crippen LogP contribution in [0.2, 0.25) is 0 Å². The summed E-state index contributed by atoms with van der Waals surface area (Å²) < 4.78 is 0. The molecule has 0 amide bonds. The lowest BCUT2D eigenvalue weighted by atomic mass is 10.1. The summed E-state index contributed by atoms with van der Waals surface area (Å²) in [4.78, 5) is 31.3. The van der Waals surface area contributed by atoms with E-state index in [4.69, 9.17) is 0 Å². The minimum atomic E-state index is -0.572. The Balaban J connectivity index is 4.63. The molecule has 0 heterocycles. The molecule has 0 rings (SSSR count). The lowest BCUT2D eigenvalue weighted by Gasteiger charge is -1.99. The van der Waals surface area contributed by atoms with Crippen LogP contribution < -0.4 is 0 Å². The van der Waals surface area contributed by atoms with Crippen molar-refractivity contribution in [1.82, 2.24) is 0 Å². The predicted molar refractivity (Wildman–Crippen MR) is 97.2 cm³/mol. The third kappa shape index (κ3) is 12.7. The Morgan fingerprint density at radius 3 is 2.04 bits per heavy atom. The van der Waals surface area contributed by atoms with Crippen LogP contribution in [-0.4, -0.2) is 16.1 Å². The van der Waals surface area contributed by atoms with Crippen molar-refractivity contribution >= 4 is 6.29 Å². The van der Waals surface area contributed by atoms with Gasteiger partial charge in [-0.3, -0.25) is 20.2 Å². The van der Waals surface area contributed by atoms with Crippen LogP contribution in [0.25, 0.3) is 0 Å². The van der Waals surface area contributed by atoms with Crippen molar-refractivity contribution < 1.29 is 14.6 Å². The van der Waals surface area contributed by atoms with Crippen molar-refractivity contribution in [2.24, 2.45) is 0 Å². The highest BCUT2D eigenvalue weighted by Gasteiger charge is 2.20. The first-order valence-corrected chi connectivity index (χ1v) is 8.78. The normalized spacial score (nSPS) is 12.5. The number of aldehydes is 1. The summed E-state index contributed by atoms with van der Waals surface area (Å²) in [6, 6.07) is 0. The molecule has 0 aromatic heterocycles. The maximum atomic E-state index is 11.1. The molecule has 0 spiro atoms. The Labute approximate surface area is 148 Å². The number of nitro groups is 2. The van der Waals surface area contributed by atoms with E-state index in [2.05, 4.69) is 6.92 Å². The molecule has 140 valence electrons. The van der Waals surface area contributed by atoms with E-state index >= 15 is 0 Å². The Morgan fingerprint density at radius 2 is 1.44 bits per heavy atom. The molecule has 0 saturated heterocycles. The van der Waals surface area contributed by atoms with E-state index < -0.39 is 9.85 Å². The highest BCUT2D eigenvalue weighted by atomic mass is 16.6. The van der Waals surface area contributed by atoms with Crippen LogP contribution in [0, 0.1) is 20.2 Å². The van der Waals surface area contributed by atoms with Gasteiger partial charge in [-0.25, -0.2) is 0 Å². The van der Waals surface area contributed by atoms with Gasteiger partial charge in [0.25, 0.3) is 11.4 Å². The van der Waals surface area contributed by atoms with Gasteiger partial charge in [0, 0.05) is 6.42 Å². The summed E-state index contributed by atoms with van der Waals surface area (Å²) in [6.45, 7) is 2.12. The molecule has 7 nitrogen and oxygen atoms in total. The monoisotopic (exact) mass is 352 g/mol. The standard InChI is InChI=1S/C18H28N2O5/c1-2-3-4-5-6-7-10-13-17(19(22)23)16-18(20(24)25)14-11-8-9-12-15-21/h6-7,13-15H,2-5,8-12,16H2,1H3/b7-6-,17-13+,18-14+. The van der Waals surface area contributed by atoms with E-state index in [1.54, 1.807) is 0 Å². The van der Waals surface area contributed by atoms with Crippen LogP contribution in [-0.2, 0) is 4.79 Å². The van der Waals surface area contributed by atoms with Crippen molar-refractivity contribution in [2.45, 2.75) is 71.1 Å². The Morgan fingerprint density at radius 1 is 0.840 bits per heavy atom. The fourth-order valence-electron chi connectivity index (χ4n) is 2.18. The molecular weight excluding hydrogens is 324 g/mol. The smallest absolute Gasteiger partial charge is 0.253 e. The molecule has 0 radical (unpaired) electrons. The molecule has 0 aliphatic carbocycles. The van der Waals surface area contributed by atoms with Crippen LogP contribution in [0.4, 0.5) is 0 Å². The highest BCUT2D eigenvalue weighted by molar-refractivity contribution is 5.48. The Kier molecular flexibility index (Phi) is 13.8. The summed E-state index contributed by atoms with van der Waals surface area (Å²) in [6.07, 6.45) is 14.1. The largest absolute Gasteiger partial charge is 0.303 e. The fourth-order valence-corrected chi connectivity index (χ4v) is 2.18. The summed E-state index contributed by atoms with van der Waals surface area (Å²) >= 11 is 0. The lowest BCUT2D eigenvalue weighted by Crippen LogP contribution is -2.06. The van der Waals surface area contributed by atoms with Crippen LogP contribution >= 0.6 is 0 Å². The van der Waals surface area contributed by atoms with Gasteiger partial charge in [0.15, 0.2) is 0 Å². The molecule has 25 heavy (non-hydrogen) atoms. The van der Waals surface area contributed by atoms with E-state index in [1.807, 2.05) is 12.2 Å². The van der Waals surface area contributed by atoms with Crippen molar-refractivity contribution in [2.75, 3.05) is 0 Å². The molecule has 0 aromatic rings. The number of unbranched alkanes of at least 4 members (excludes halogenated alkanes) is 6. The molecule has 0 aromatic carbocycles. The third-order valence-electron chi connectivity index (χ3n) is 3.62. The maximum absolute atomic E-state index is 11.1. The average molecular weight is 352 g/mol. The van der Waals surface area contributed by atoms with Gasteiger partial charge in [0.05, 0.1) is 9.85 Å². The lowest BCUT2D eigenvalue weighted by molar-refractivity contribution is -0.450. The fraction of sp³-hybridized carbons (Fsp3) is 0.611. The molecule has 0 atom stereocenters. The topological polar surface area (TPSA) is 103 Å². The van der Waals surface area contributed by atoms with Gasteiger partial charge in [-0.1, -0.05) is 31.9 Å². The Hall–Kier alpha value is -2.31. The van der Waals surface area contributed by atoms with Crippen LogP contribution in [0.15, 0.2) is 35.7 Å². The number of nitrogens with zero attached hydrogens (tertiary/aromatic N) is 2. The quantitative estimate of drug-likeness (QED) is 0.136. The molecule has 0 unspecified atom stereocenters. The highest BCUT2D eigenvalue weighted by Crippen LogP contribution is 2.15. The maximum Gasteiger partial charge on any atom is 0.253 e. The molecule has 0 N–H and O–H groups in total. The number of hydrogen-bond donors (Lipinski definition) is 0. The second kappa shape index (κ2) is 15.2. The molecule has 0 bridgehead atoms. The van der Waals surface area contributed by atoms with Gasteiger partial charge in [-0.15, -0.1) is 0 Å². The van der Waals surface area contributed by atoms with Crippen molar-refractivity contribution in [3.05, 3.63) is 55.9 Å². The third-order valence-corrected chi connectivity index (χ3v) is 3.62. The molecule has 7 heteroatoms. The minimum absolute atomic E-state index is 0.158. The zero-order chi connectivity index (χ0) is 18.9. The number of hydrogen-bond acceptors (Lipinski definition) is 5. The molecule has 0 fully saturated rings. The van der Waals surface area contributed by atoms with Gasteiger partial charge >= 0.3 is 0 Å². The van der Waals surface area contributed by atoms with E-state index in [0.717, 1.165) is 32.0 Å². The van der Waals surface area contributed by atoms with Gasteiger partial charge in [-0.05, 0) is 50.7 Å². The predicted octanol–water partition coefficient (Wildman–Crippen LogP) is 4.98. The van der Waals surface area contributed by atoms with Crippen LogP contribution in [0.5, 0.6) is 0 Å². The van der Waals surface area contributed by atoms with E-state index in [9.17, 15) is 25.0 Å². The SMILES string of the molecule is CCCCC/C=C\C/C=C(\C/C(=C\CCCCC=O)[N+](=O)[O-])[N+](=O)[O-]. The van der Waals surface area contributed by atoms with Gasteiger partial charge in [0.2, 0.25) is 0 Å². The van der Waals surface area contributed by atoms with E-state index in [0.29, 0.717) is 32.1 Å². The first kappa shape index (κ1) is 22.7. The minimum Gasteiger partial charge on any atom is -0.303 e. The Bertz CT molecular complexity index is 510. The van der Waals surface area contributed by atoms with Crippen molar-refractivity contribution in [3.63, 3.8) is 0 Å². The second-order valence-electron chi connectivity index (χ2n) is 5.74. The number of allylic oxidation sites excluding steroid dienone is 4. The zero-order valence-electron chi connectivity index (χ0n) is 14.9. The average Bonchev–Trinajstić information content (AvgIpc) is 2.57. The summed E-state index contributed by atoms with van der Waals surface area (Å²) in [5.74, 6) is 0. The number of carbonyl (C=O) groups excluding carboxylic acids is 1. The van der Waals surface area contributed by atoms with E-state index in [-0.39, 0.29) is 17.8 Å². The van der Waals surface area contributed by atoms with Crippen molar-refractivity contribution in [1.29, 1.82) is 0 Å². The summed E-state index contributed by atoms with van der Waals surface area (Å²) in [7, 11) is 0. The van der Waals surface area contributed by atoms with Crippen molar-refractivity contribution in [3.8, 4) is 0 Å². The summed E-state index contributed by atoms with van der Waals surface area (Å²) in [5, 5.41) is 22.2. The first-order chi connectivity index (χ1) is 12.0. The molecular formula is C18H28N2O5. The van der Waals surface area contributed by atoms with Gasteiger partial charge < -0.3 is 4.79 Å². The number of rotatable bonds is 15. The van der Waals surface area contributed by atoms with Crippen LogP contribution in [0.3, 0.4) is 0 Å². The van der Waals surface area contributed by atoms with E-state index in [1.165, 1.54) is 12.2 Å².